The first-order valence-corrected chi connectivity index (χ1v) is 13.4. The van der Waals surface area contributed by atoms with Crippen molar-refractivity contribution in [3.63, 3.8) is 0 Å². The third-order valence-electron chi connectivity index (χ3n) is 7.89. The quantitative estimate of drug-likeness (QED) is 0.157. The highest BCUT2D eigenvalue weighted by Gasteiger charge is 2.58. The van der Waals surface area contributed by atoms with Crippen molar-refractivity contribution in [2.24, 2.45) is 5.11 Å². The maximum atomic E-state index is 13.6. The van der Waals surface area contributed by atoms with Crippen LogP contribution >= 0.6 is 0 Å². The molecule has 0 bridgehead atoms. The number of rotatable bonds is 8. The van der Waals surface area contributed by atoms with E-state index in [1.54, 1.807) is 4.90 Å². The molecule has 1 aliphatic carbocycles. The fraction of sp³-hybridized carbons (Fsp3) is 0.643. The molecule has 38 heavy (non-hydrogen) atoms. The van der Waals surface area contributed by atoms with Crippen LogP contribution in [-0.2, 0) is 30.2 Å². The highest BCUT2D eigenvalue weighted by atomic mass is 16.7. The van der Waals surface area contributed by atoms with E-state index >= 15 is 0 Å². The Morgan fingerprint density at radius 3 is 2.42 bits per heavy atom. The van der Waals surface area contributed by atoms with Crippen LogP contribution in [0.2, 0.25) is 0 Å². The lowest BCUT2D eigenvalue weighted by atomic mass is 9.75. The Hall–Kier alpha value is -3.07. The maximum absolute atomic E-state index is 13.6. The van der Waals surface area contributed by atoms with E-state index in [2.05, 4.69) is 10.0 Å². The number of carbonyl (C=O) groups excluding carboxylic acids is 2. The van der Waals surface area contributed by atoms with Crippen LogP contribution in [-0.4, -0.2) is 67.1 Å². The maximum Gasteiger partial charge on any atom is 0.328 e. The molecule has 1 saturated carbocycles. The van der Waals surface area contributed by atoms with E-state index in [0.29, 0.717) is 51.9 Å². The Balaban J connectivity index is 1.58. The minimum atomic E-state index is -0.858. The molecule has 2 atom stereocenters. The zero-order valence-electron chi connectivity index (χ0n) is 22.6. The van der Waals surface area contributed by atoms with Crippen molar-refractivity contribution >= 4 is 11.9 Å². The van der Waals surface area contributed by atoms with E-state index in [-0.39, 0.29) is 12.3 Å². The van der Waals surface area contributed by atoms with Crippen LogP contribution in [0.25, 0.3) is 10.4 Å². The van der Waals surface area contributed by atoms with E-state index in [0.717, 1.165) is 24.2 Å². The van der Waals surface area contributed by atoms with E-state index in [9.17, 15) is 9.59 Å². The molecule has 3 fully saturated rings. The number of likely N-dealkylation sites (tertiary alicyclic amines) is 1. The Morgan fingerprint density at radius 1 is 1.18 bits per heavy atom. The molecule has 2 saturated heterocycles. The first kappa shape index (κ1) is 28.0. The van der Waals surface area contributed by atoms with Gasteiger partial charge in [0, 0.05) is 29.7 Å². The number of amides is 1. The average Bonchev–Trinajstić information content (AvgIpc) is 3.03. The highest BCUT2D eigenvalue weighted by molar-refractivity contribution is 5.91. The zero-order valence-corrected chi connectivity index (χ0v) is 22.6. The summed E-state index contributed by atoms with van der Waals surface area (Å²) < 4.78 is 23.2. The Morgan fingerprint density at radius 2 is 1.84 bits per heavy atom. The average molecular weight is 527 g/mol. The van der Waals surface area contributed by atoms with Gasteiger partial charge in [0.05, 0.1) is 20.3 Å². The van der Waals surface area contributed by atoms with Crippen molar-refractivity contribution in [2.45, 2.75) is 88.6 Å². The van der Waals surface area contributed by atoms with Gasteiger partial charge in [-0.2, -0.15) is 0 Å². The van der Waals surface area contributed by atoms with Crippen LogP contribution in [0.15, 0.2) is 41.0 Å². The number of allylic oxidation sites excluding steroid dienone is 1. The lowest BCUT2D eigenvalue weighted by Crippen LogP contribution is -2.59. The minimum absolute atomic E-state index is 0.273. The van der Waals surface area contributed by atoms with Gasteiger partial charge in [0.2, 0.25) is 5.91 Å². The van der Waals surface area contributed by atoms with E-state index in [1.165, 1.54) is 12.7 Å². The minimum Gasteiger partial charge on any atom is -0.490 e. The first-order valence-electron chi connectivity index (χ1n) is 13.4. The normalized spacial score (nSPS) is 22.9. The number of benzene rings is 1. The second-order valence-corrected chi connectivity index (χ2v) is 10.7. The van der Waals surface area contributed by atoms with Crippen LogP contribution in [0, 0.1) is 0 Å². The predicted molar refractivity (Wildman–Crippen MR) is 140 cm³/mol. The van der Waals surface area contributed by atoms with E-state index in [1.807, 2.05) is 44.2 Å². The Bertz CT molecular complexity index is 1060. The van der Waals surface area contributed by atoms with Gasteiger partial charge in [-0.1, -0.05) is 22.8 Å². The van der Waals surface area contributed by atoms with Crippen LogP contribution in [0.5, 0.6) is 5.75 Å². The second-order valence-electron chi connectivity index (χ2n) is 10.7. The van der Waals surface area contributed by atoms with Crippen molar-refractivity contribution in [1.29, 1.82) is 0 Å². The third-order valence-corrected chi connectivity index (χ3v) is 7.89. The molecule has 3 aliphatic rings. The number of hydrogen-bond acceptors (Lipinski definition) is 7. The van der Waals surface area contributed by atoms with Crippen LogP contribution in [0.3, 0.4) is 0 Å². The molecule has 1 aromatic rings. The molecule has 1 amide bonds. The van der Waals surface area contributed by atoms with Crippen molar-refractivity contribution in [2.75, 3.05) is 26.9 Å². The number of esters is 1. The van der Waals surface area contributed by atoms with Gasteiger partial charge < -0.3 is 23.8 Å². The Kier molecular flexibility index (Phi) is 8.97. The largest absolute Gasteiger partial charge is 0.490 e. The van der Waals surface area contributed by atoms with Gasteiger partial charge in [-0.25, -0.2) is 4.79 Å². The molecule has 0 radical (unpaired) electrons. The molecule has 1 aromatic carbocycles. The second kappa shape index (κ2) is 12.2. The van der Waals surface area contributed by atoms with Crippen molar-refractivity contribution in [3.8, 4) is 5.75 Å². The van der Waals surface area contributed by atoms with Gasteiger partial charge in [-0.15, -0.1) is 0 Å². The van der Waals surface area contributed by atoms with Crippen LogP contribution in [0.4, 0.5) is 0 Å². The summed E-state index contributed by atoms with van der Waals surface area (Å²) in [5.41, 5.74) is 10.5. The zero-order chi connectivity index (χ0) is 27.2. The summed E-state index contributed by atoms with van der Waals surface area (Å²) in [6, 6.07) is 5.80. The van der Waals surface area contributed by atoms with Crippen molar-refractivity contribution in [1.82, 2.24) is 4.90 Å². The number of hydrogen-bond donors (Lipinski definition) is 0. The fourth-order valence-corrected chi connectivity index (χ4v) is 5.83. The first-order chi connectivity index (χ1) is 18.3. The molecule has 206 valence electrons. The Labute approximate surface area is 223 Å². The van der Waals surface area contributed by atoms with Crippen LogP contribution in [0.1, 0.15) is 64.4 Å². The monoisotopic (exact) mass is 526 g/mol. The van der Waals surface area contributed by atoms with Crippen molar-refractivity contribution in [3.05, 3.63) is 51.9 Å². The van der Waals surface area contributed by atoms with Gasteiger partial charge in [-0.05, 0) is 75.3 Å². The molecule has 2 aliphatic heterocycles. The summed E-state index contributed by atoms with van der Waals surface area (Å²) in [5.74, 6) is -0.766. The highest BCUT2D eigenvalue weighted by Crippen LogP contribution is 2.49. The number of azide groups is 1. The molecule has 0 aromatic heterocycles. The SMILES string of the molecule is COC(=O)[C@@H](Cc1ccc(OCC=C(C)C)cc1)N1C(=O)[C@@H](N=[N+]=[N-])CC12CCC1(CC2)OCCCCO1. The van der Waals surface area contributed by atoms with Crippen molar-refractivity contribution < 1.29 is 28.5 Å². The smallest absolute Gasteiger partial charge is 0.328 e. The number of methoxy groups -OCH3 is 1. The molecule has 0 unspecified atom stereocenters. The summed E-state index contributed by atoms with van der Waals surface area (Å²) in [6.45, 7) is 5.81. The molecule has 0 N–H and O–H groups in total. The fourth-order valence-electron chi connectivity index (χ4n) is 5.83. The standard InChI is InChI=1S/C28H38N4O6/c1-20(2)10-17-36-22-8-6-21(7-9-22)18-24(26(34)35-3)32-25(33)23(30-31-29)19-27(32)11-13-28(14-12-27)37-15-4-5-16-38-28/h6-10,23-24H,4-5,11-19H2,1-3H3/t23-,24+/m0/s1. The van der Waals surface area contributed by atoms with E-state index in [4.69, 9.17) is 24.5 Å². The summed E-state index contributed by atoms with van der Waals surface area (Å²) in [4.78, 5) is 31.4. The number of ether oxygens (including phenoxy) is 4. The molecule has 4 rings (SSSR count). The lowest BCUT2D eigenvalue weighted by Gasteiger charge is -2.49. The summed E-state index contributed by atoms with van der Waals surface area (Å²) in [6.07, 6.45) is 6.92. The van der Waals surface area contributed by atoms with Gasteiger partial charge in [0.25, 0.3) is 0 Å². The van der Waals surface area contributed by atoms with Gasteiger partial charge in [0.1, 0.15) is 24.4 Å². The van der Waals surface area contributed by atoms with Crippen LogP contribution < -0.4 is 4.74 Å². The summed E-state index contributed by atoms with van der Waals surface area (Å²) >= 11 is 0. The van der Waals surface area contributed by atoms with E-state index < -0.39 is 29.4 Å². The summed E-state index contributed by atoms with van der Waals surface area (Å²) in [5, 5.41) is 3.80. The molecule has 2 spiro atoms. The van der Waals surface area contributed by atoms with Gasteiger partial charge >= 0.3 is 5.97 Å². The topological polar surface area (TPSA) is 123 Å². The summed E-state index contributed by atoms with van der Waals surface area (Å²) in [7, 11) is 1.33. The number of nitrogens with zero attached hydrogens (tertiary/aromatic N) is 4. The molecule has 10 heteroatoms. The predicted octanol–water partition coefficient (Wildman–Crippen LogP) is 4.86. The third kappa shape index (κ3) is 6.14. The molecular formula is C28H38N4O6. The lowest BCUT2D eigenvalue weighted by molar-refractivity contribution is -0.251. The van der Waals surface area contributed by atoms with Gasteiger partial charge in [0.15, 0.2) is 5.79 Å². The molecule has 2 heterocycles. The molecule has 10 nitrogen and oxygen atoms in total. The molecular weight excluding hydrogens is 488 g/mol. The number of carbonyl (C=O) groups is 2. The van der Waals surface area contributed by atoms with Gasteiger partial charge in [-0.3, -0.25) is 4.79 Å².